The van der Waals surface area contributed by atoms with Crippen LogP contribution < -0.4 is 22.1 Å². The van der Waals surface area contributed by atoms with Gasteiger partial charge in [-0.15, -0.1) is 10.2 Å². The highest BCUT2D eigenvalue weighted by Crippen LogP contribution is 2.09. The maximum Gasteiger partial charge on any atom is 0.221 e. The van der Waals surface area contributed by atoms with Crippen LogP contribution in [0.25, 0.3) is 0 Å². The van der Waals surface area contributed by atoms with Crippen molar-refractivity contribution in [1.29, 1.82) is 0 Å². The quantitative estimate of drug-likeness (QED) is 0.326. The third-order valence-electron chi connectivity index (χ3n) is 3.47. The van der Waals surface area contributed by atoms with E-state index >= 15 is 0 Å². The van der Waals surface area contributed by atoms with E-state index in [1.807, 2.05) is 0 Å². The second-order valence-electron chi connectivity index (χ2n) is 6.07. The number of carbonyl (C=O) groups is 2. The number of amidine groups is 2. The summed E-state index contributed by atoms with van der Waals surface area (Å²) in [5.74, 6) is -0.458. The first-order chi connectivity index (χ1) is 14.3. The van der Waals surface area contributed by atoms with Crippen molar-refractivity contribution in [3.05, 3.63) is 59.7 Å². The summed E-state index contributed by atoms with van der Waals surface area (Å²) in [4.78, 5) is 22.0. The highest BCUT2D eigenvalue weighted by molar-refractivity contribution is 6.39. The summed E-state index contributed by atoms with van der Waals surface area (Å²) in [5.41, 5.74) is 14.3. The highest BCUT2D eigenvalue weighted by Gasteiger charge is 1.99. The normalized spacial score (nSPS) is 12.3. The van der Waals surface area contributed by atoms with Crippen LogP contribution in [0.15, 0.2) is 68.9 Å². The molecule has 10 heteroatoms. The van der Waals surface area contributed by atoms with Gasteiger partial charge in [0.2, 0.25) is 11.8 Å². The summed E-state index contributed by atoms with van der Waals surface area (Å²) in [6, 6.07) is 14.0. The molecular formula is C20H22N8O2. The van der Waals surface area contributed by atoms with E-state index in [0.29, 0.717) is 11.4 Å². The lowest BCUT2D eigenvalue weighted by molar-refractivity contribution is -0.115. The fourth-order valence-corrected chi connectivity index (χ4v) is 2.13. The molecule has 2 aromatic carbocycles. The topological polar surface area (TPSA) is 160 Å². The number of hydrogen-bond donors (Lipinski definition) is 4. The van der Waals surface area contributed by atoms with E-state index in [-0.39, 0.29) is 23.5 Å². The fraction of sp³-hybridized carbons (Fsp3) is 0.100. The minimum atomic E-state index is -0.145. The van der Waals surface area contributed by atoms with E-state index in [4.69, 9.17) is 11.5 Å². The zero-order valence-electron chi connectivity index (χ0n) is 16.5. The first kappa shape index (κ1) is 22.0. The van der Waals surface area contributed by atoms with Gasteiger partial charge >= 0.3 is 0 Å². The Hall–Kier alpha value is -4.34. The van der Waals surface area contributed by atoms with Crippen molar-refractivity contribution in [2.75, 3.05) is 10.6 Å². The predicted octanol–water partition coefficient (Wildman–Crippen LogP) is 1.69. The molecule has 154 valence electrons. The summed E-state index contributed by atoms with van der Waals surface area (Å²) < 4.78 is 0. The molecule has 0 aromatic heterocycles. The minimum absolute atomic E-state index is 0.0840. The molecule has 0 fully saturated rings. The van der Waals surface area contributed by atoms with Crippen molar-refractivity contribution < 1.29 is 9.59 Å². The fourth-order valence-electron chi connectivity index (χ4n) is 2.13. The van der Waals surface area contributed by atoms with Crippen LogP contribution in [0.2, 0.25) is 0 Å². The van der Waals surface area contributed by atoms with Crippen LogP contribution in [0.4, 0.5) is 11.4 Å². The number of hydrogen-bond acceptors (Lipinski definition) is 6. The molecule has 0 aliphatic rings. The monoisotopic (exact) mass is 406 g/mol. The molecule has 30 heavy (non-hydrogen) atoms. The maximum atomic E-state index is 11.0. The standard InChI is InChI=1S/C20H22N8O2/c1-13(29)25-17-7-3-15(4-8-17)11-23-27-19(21)20(22)28-24-12-16-5-9-18(10-6-16)26-14(2)30/h3-12H,1-2H3,(H2,21,27)(H2,22,28)(H,25,29)(H,26,30). The van der Waals surface area contributed by atoms with E-state index in [1.165, 1.54) is 26.3 Å². The number of nitrogens with one attached hydrogen (secondary N) is 2. The van der Waals surface area contributed by atoms with Gasteiger partial charge in [-0.2, -0.15) is 10.2 Å². The lowest BCUT2D eigenvalue weighted by Crippen LogP contribution is -2.30. The molecule has 0 bridgehead atoms. The first-order valence-electron chi connectivity index (χ1n) is 8.82. The van der Waals surface area contributed by atoms with Crippen molar-refractivity contribution in [1.82, 2.24) is 0 Å². The minimum Gasteiger partial charge on any atom is -0.379 e. The second kappa shape index (κ2) is 10.9. The molecule has 2 aromatic rings. The highest BCUT2D eigenvalue weighted by atomic mass is 16.2. The SMILES string of the molecule is CC(=O)Nc1ccc(C=NN=C(N)C(N)=NN=Cc2ccc(NC(C)=O)cc2)cc1. The Morgan fingerprint density at radius 2 is 1.03 bits per heavy atom. The summed E-state index contributed by atoms with van der Waals surface area (Å²) in [7, 11) is 0. The van der Waals surface area contributed by atoms with E-state index in [0.717, 1.165) is 11.1 Å². The van der Waals surface area contributed by atoms with Crippen LogP contribution in [0.1, 0.15) is 25.0 Å². The second-order valence-corrected chi connectivity index (χ2v) is 6.07. The lowest BCUT2D eigenvalue weighted by Gasteiger charge is -2.01. The van der Waals surface area contributed by atoms with Gasteiger partial charge in [-0.25, -0.2) is 0 Å². The largest absolute Gasteiger partial charge is 0.379 e. The molecule has 0 spiro atoms. The molecule has 0 aliphatic carbocycles. The number of rotatable bonds is 6. The van der Waals surface area contributed by atoms with Crippen LogP contribution in [0.3, 0.4) is 0 Å². The van der Waals surface area contributed by atoms with Gasteiger partial charge in [0, 0.05) is 25.2 Å². The molecule has 0 atom stereocenters. The van der Waals surface area contributed by atoms with Gasteiger partial charge in [0.15, 0.2) is 11.7 Å². The van der Waals surface area contributed by atoms with E-state index < -0.39 is 0 Å². The molecule has 0 heterocycles. The predicted molar refractivity (Wildman–Crippen MR) is 120 cm³/mol. The van der Waals surface area contributed by atoms with Crippen molar-refractivity contribution in [2.45, 2.75) is 13.8 Å². The molecule has 10 nitrogen and oxygen atoms in total. The van der Waals surface area contributed by atoms with Gasteiger partial charge < -0.3 is 22.1 Å². The van der Waals surface area contributed by atoms with Crippen LogP contribution >= 0.6 is 0 Å². The number of benzene rings is 2. The first-order valence-corrected chi connectivity index (χ1v) is 8.82. The number of nitrogens with zero attached hydrogens (tertiary/aromatic N) is 4. The molecule has 0 aliphatic heterocycles. The van der Waals surface area contributed by atoms with Crippen molar-refractivity contribution >= 4 is 47.3 Å². The van der Waals surface area contributed by atoms with Gasteiger partial charge in [0.1, 0.15) is 0 Å². The van der Waals surface area contributed by atoms with Crippen LogP contribution in [0, 0.1) is 0 Å². The molecule has 2 rings (SSSR count). The molecule has 6 N–H and O–H groups in total. The van der Waals surface area contributed by atoms with Gasteiger partial charge in [-0.3, -0.25) is 9.59 Å². The number of nitrogens with two attached hydrogens (primary N) is 2. The third kappa shape index (κ3) is 7.72. The Kier molecular flexibility index (Phi) is 7.94. The zero-order chi connectivity index (χ0) is 21.9. The van der Waals surface area contributed by atoms with Crippen molar-refractivity contribution in [2.24, 2.45) is 31.9 Å². The van der Waals surface area contributed by atoms with Gasteiger partial charge in [0.05, 0.1) is 12.4 Å². The summed E-state index contributed by atoms with van der Waals surface area (Å²) in [6.45, 7) is 2.87. The Morgan fingerprint density at radius 1 is 0.700 bits per heavy atom. The summed E-state index contributed by atoms with van der Waals surface area (Å²) in [5, 5.41) is 20.6. The van der Waals surface area contributed by atoms with Crippen LogP contribution in [-0.4, -0.2) is 35.9 Å². The summed E-state index contributed by atoms with van der Waals surface area (Å²) >= 11 is 0. The maximum absolute atomic E-state index is 11.0. The van der Waals surface area contributed by atoms with Gasteiger partial charge in [-0.1, -0.05) is 24.3 Å². The summed E-state index contributed by atoms with van der Waals surface area (Å²) in [6.07, 6.45) is 2.97. The molecule has 0 saturated carbocycles. The number of carbonyl (C=O) groups excluding carboxylic acids is 2. The Morgan fingerprint density at radius 3 is 1.33 bits per heavy atom. The third-order valence-corrected chi connectivity index (χ3v) is 3.47. The van der Waals surface area contributed by atoms with Crippen molar-refractivity contribution in [3.63, 3.8) is 0 Å². The lowest BCUT2D eigenvalue weighted by atomic mass is 10.2. The van der Waals surface area contributed by atoms with E-state index in [2.05, 4.69) is 31.0 Å². The average Bonchev–Trinajstić information content (AvgIpc) is 2.69. The Labute approximate surface area is 173 Å². The van der Waals surface area contributed by atoms with Crippen molar-refractivity contribution in [3.8, 4) is 0 Å². The van der Waals surface area contributed by atoms with Gasteiger partial charge in [-0.05, 0) is 35.4 Å². The molecule has 0 saturated heterocycles. The number of anilines is 2. The molecule has 0 unspecified atom stereocenters. The van der Waals surface area contributed by atoms with E-state index in [1.54, 1.807) is 48.5 Å². The van der Waals surface area contributed by atoms with Crippen LogP contribution in [0.5, 0.6) is 0 Å². The average molecular weight is 406 g/mol. The Balaban J connectivity index is 1.94. The van der Waals surface area contributed by atoms with Gasteiger partial charge in [0.25, 0.3) is 0 Å². The Bertz CT molecular complexity index is 923. The van der Waals surface area contributed by atoms with E-state index in [9.17, 15) is 9.59 Å². The molecular weight excluding hydrogens is 384 g/mol. The molecule has 0 radical (unpaired) electrons. The smallest absolute Gasteiger partial charge is 0.221 e. The zero-order valence-corrected chi connectivity index (χ0v) is 16.5. The van der Waals surface area contributed by atoms with Crippen LogP contribution in [-0.2, 0) is 9.59 Å². The molecule has 2 amide bonds. The number of amides is 2.